The van der Waals surface area contributed by atoms with Crippen molar-refractivity contribution in [1.29, 1.82) is 0 Å². The summed E-state index contributed by atoms with van der Waals surface area (Å²) in [5.74, 6) is -0.518. The van der Waals surface area contributed by atoms with Crippen molar-refractivity contribution in [2.24, 2.45) is 0 Å². The molecule has 2 rings (SSSR count). The Hall–Kier alpha value is -2.27. The topological polar surface area (TPSA) is 55.4 Å². The Labute approximate surface area is 146 Å². The van der Waals surface area contributed by atoms with Crippen molar-refractivity contribution in [2.45, 2.75) is 31.4 Å². The molecule has 0 fully saturated rings. The fourth-order valence-electron chi connectivity index (χ4n) is 1.98. The number of aryl methyl sites for hydroxylation is 1. The Balaban J connectivity index is 1.72. The highest BCUT2D eigenvalue weighted by Gasteiger charge is 2.17. The molecule has 0 aromatic heterocycles. The minimum absolute atomic E-state index is 0.180. The molecule has 2 aromatic carbocycles. The number of carbonyl (C=O) groups is 2. The summed E-state index contributed by atoms with van der Waals surface area (Å²) in [6.45, 7) is 4.01. The number of hydrogen-bond acceptors (Lipinski definition) is 4. The Morgan fingerprint density at radius 2 is 1.75 bits per heavy atom. The summed E-state index contributed by atoms with van der Waals surface area (Å²) in [5, 5.41) is 2.77. The molecule has 1 atom stereocenters. The summed E-state index contributed by atoms with van der Waals surface area (Å²) < 4.78 is 5.17. The van der Waals surface area contributed by atoms with Gasteiger partial charge >= 0.3 is 5.97 Å². The second kappa shape index (κ2) is 9.13. The van der Waals surface area contributed by atoms with Gasteiger partial charge in [-0.2, -0.15) is 0 Å². The van der Waals surface area contributed by atoms with Gasteiger partial charge in [0, 0.05) is 11.4 Å². The fourth-order valence-corrected chi connectivity index (χ4v) is 2.68. The molecule has 0 heterocycles. The van der Waals surface area contributed by atoms with Crippen LogP contribution in [0, 0.1) is 6.92 Å². The Bertz CT molecular complexity index is 671. The minimum Gasteiger partial charge on any atom is -0.452 e. The van der Waals surface area contributed by atoms with E-state index in [2.05, 4.69) is 5.32 Å². The number of esters is 1. The molecule has 0 spiro atoms. The van der Waals surface area contributed by atoms with E-state index < -0.39 is 12.1 Å². The standard InChI is InChI=1S/C19H21NO3S/c1-14-8-10-16(11-9-14)12-20-19(22)15(2)23-18(21)13-24-17-6-4-3-5-7-17/h3-11,15H,12-13H2,1-2H3,(H,20,22)/t15-/m1/s1. The van der Waals surface area contributed by atoms with Crippen LogP contribution in [0.3, 0.4) is 0 Å². The Kier molecular flexibility index (Phi) is 6.88. The van der Waals surface area contributed by atoms with E-state index in [1.807, 2.05) is 61.5 Å². The second-order valence-corrected chi connectivity index (χ2v) is 6.49. The van der Waals surface area contributed by atoms with Crippen molar-refractivity contribution in [3.8, 4) is 0 Å². The van der Waals surface area contributed by atoms with Crippen molar-refractivity contribution in [3.05, 3.63) is 65.7 Å². The number of carbonyl (C=O) groups excluding carboxylic acids is 2. The summed E-state index contributed by atoms with van der Waals surface area (Å²) in [4.78, 5) is 24.8. The number of hydrogen-bond donors (Lipinski definition) is 1. The molecule has 0 aliphatic heterocycles. The third-order valence-electron chi connectivity index (χ3n) is 3.36. The van der Waals surface area contributed by atoms with Gasteiger partial charge in [0.05, 0.1) is 5.75 Å². The summed E-state index contributed by atoms with van der Waals surface area (Å²) in [7, 11) is 0. The maximum absolute atomic E-state index is 12.0. The van der Waals surface area contributed by atoms with E-state index in [-0.39, 0.29) is 11.7 Å². The van der Waals surface area contributed by atoms with Crippen LogP contribution in [0.15, 0.2) is 59.5 Å². The summed E-state index contributed by atoms with van der Waals surface area (Å²) in [6, 6.07) is 17.5. The van der Waals surface area contributed by atoms with Gasteiger partial charge in [-0.3, -0.25) is 9.59 Å². The molecular formula is C19H21NO3S. The Morgan fingerprint density at radius 1 is 1.08 bits per heavy atom. The minimum atomic E-state index is -0.806. The van der Waals surface area contributed by atoms with E-state index in [1.165, 1.54) is 17.3 Å². The van der Waals surface area contributed by atoms with Crippen molar-refractivity contribution in [3.63, 3.8) is 0 Å². The highest BCUT2D eigenvalue weighted by Crippen LogP contribution is 2.17. The van der Waals surface area contributed by atoms with Gasteiger partial charge in [0.25, 0.3) is 5.91 Å². The van der Waals surface area contributed by atoms with Crippen LogP contribution in [-0.4, -0.2) is 23.7 Å². The molecule has 0 saturated heterocycles. The number of benzene rings is 2. The fraction of sp³-hybridized carbons (Fsp3) is 0.263. The van der Waals surface area contributed by atoms with Crippen LogP contribution in [0.2, 0.25) is 0 Å². The first-order chi connectivity index (χ1) is 11.5. The molecule has 0 radical (unpaired) electrons. The molecule has 0 saturated carbocycles. The first-order valence-electron chi connectivity index (χ1n) is 7.75. The van der Waals surface area contributed by atoms with E-state index in [4.69, 9.17) is 4.74 Å². The number of ether oxygens (including phenoxy) is 1. The smallest absolute Gasteiger partial charge is 0.317 e. The van der Waals surface area contributed by atoms with E-state index in [9.17, 15) is 9.59 Å². The lowest BCUT2D eigenvalue weighted by molar-refractivity contribution is -0.152. The molecule has 5 heteroatoms. The average molecular weight is 343 g/mol. The van der Waals surface area contributed by atoms with Crippen LogP contribution in [0.4, 0.5) is 0 Å². The molecular weight excluding hydrogens is 322 g/mol. The Morgan fingerprint density at radius 3 is 2.42 bits per heavy atom. The maximum atomic E-state index is 12.0. The van der Waals surface area contributed by atoms with E-state index in [0.717, 1.165) is 10.5 Å². The van der Waals surface area contributed by atoms with Gasteiger partial charge in [-0.1, -0.05) is 48.0 Å². The first kappa shape index (κ1) is 18.1. The lowest BCUT2D eigenvalue weighted by atomic mass is 10.1. The highest BCUT2D eigenvalue weighted by atomic mass is 32.2. The first-order valence-corrected chi connectivity index (χ1v) is 8.74. The van der Waals surface area contributed by atoms with Gasteiger partial charge in [0.2, 0.25) is 0 Å². The van der Waals surface area contributed by atoms with E-state index in [0.29, 0.717) is 6.54 Å². The quantitative estimate of drug-likeness (QED) is 0.619. The zero-order valence-corrected chi connectivity index (χ0v) is 14.6. The summed E-state index contributed by atoms with van der Waals surface area (Å²) in [5.41, 5.74) is 2.18. The largest absolute Gasteiger partial charge is 0.452 e. The molecule has 4 nitrogen and oxygen atoms in total. The van der Waals surface area contributed by atoms with E-state index >= 15 is 0 Å². The molecule has 0 unspecified atom stereocenters. The zero-order chi connectivity index (χ0) is 17.4. The lowest BCUT2D eigenvalue weighted by Gasteiger charge is -2.13. The van der Waals surface area contributed by atoms with Gasteiger partial charge in [0.15, 0.2) is 6.10 Å². The molecule has 0 aliphatic rings. The third-order valence-corrected chi connectivity index (χ3v) is 4.35. The molecule has 1 amide bonds. The van der Waals surface area contributed by atoms with E-state index in [1.54, 1.807) is 6.92 Å². The molecule has 0 bridgehead atoms. The molecule has 24 heavy (non-hydrogen) atoms. The van der Waals surface area contributed by atoms with Crippen molar-refractivity contribution < 1.29 is 14.3 Å². The monoisotopic (exact) mass is 343 g/mol. The average Bonchev–Trinajstić information content (AvgIpc) is 2.60. The van der Waals surface area contributed by atoms with Gasteiger partial charge in [-0.15, -0.1) is 11.8 Å². The molecule has 0 aliphatic carbocycles. The number of nitrogens with one attached hydrogen (secondary N) is 1. The number of rotatable bonds is 7. The van der Waals surface area contributed by atoms with Crippen LogP contribution >= 0.6 is 11.8 Å². The predicted octanol–water partition coefficient (Wildman–Crippen LogP) is 3.34. The highest BCUT2D eigenvalue weighted by molar-refractivity contribution is 8.00. The van der Waals surface area contributed by atoms with Gasteiger partial charge in [-0.05, 0) is 31.5 Å². The summed E-state index contributed by atoms with van der Waals surface area (Å²) in [6.07, 6.45) is -0.806. The zero-order valence-electron chi connectivity index (χ0n) is 13.8. The van der Waals surface area contributed by atoms with Gasteiger partial charge < -0.3 is 10.1 Å². The number of thioether (sulfide) groups is 1. The molecule has 2 aromatic rings. The normalized spacial score (nSPS) is 11.6. The number of amides is 1. The molecule has 126 valence electrons. The predicted molar refractivity (Wildman–Crippen MR) is 95.7 cm³/mol. The van der Waals surface area contributed by atoms with Crippen LogP contribution in [0.1, 0.15) is 18.1 Å². The molecule has 1 N–H and O–H groups in total. The van der Waals surface area contributed by atoms with Crippen LogP contribution < -0.4 is 5.32 Å². The van der Waals surface area contributed by atoms with Crippen LogP contribution in [0.25, 0.3) is 0 Å². The van der Waals surface area contributed by atoms with Crippen molar-refractivity contribution in [1.82, 2.24) is 5.32 Å². The van der Waals surface area contributed by atoms with Crippen molar-refractivity contribution >= 4 is 23.6 Å². The van der Waals surface area contributed by atoms with Crippen LogP contribution in [0.5, 0.6) is 0 Å². The maximum Gasteiger partial charge on any atom is 0.317 e. The van der Waals surface area contributed by atoms with Gasteiger partial charge in [0.1, 0.15) is 0 Å². The van der Waals surface area contributed by atoms with Crippen LogP contribution in [-0.2, 0) is 20.9 Å². The second-order valence-electron chi connectivity index (χ2n) is 5.44. The summed E-state index contributed by atoms with van der Waals surface area (Å²) >= 11 is 1.39. The SMILES string of the molecule is Cc1ccc(CNC(=O)[C@@H](C)OC(=O)CSc2ccccc2)cc1. The lowest BCUT2D eigenvalue weighted by Crippen LogP contribution is -2.35. The van der Waals surface area contributed by atoms with Crippen molar-refractivity contribution in [2.75, 3.05) is 5.75 Å². The third kappa shape index (κ3) is 6.08. The van der Waals surface area contributed by atoms with Gasteiger partial charge in [-0.25, -0.2) is 0 Å².